The Kier molecular flexibility index (Phi) is 39.1. The molecule has 9 atom stereocenters. The molecule has 0 unspecified atom stereocenters. The minimum absolute atomic E-state index is 0.00178. The maximum atomic E-state index is 14.7. The lowest BCUT2D eigenvalue weighted by atomic mass is 9.96. The lowest BCUT2D eigenvalue weighted by molar-refractivity contribution is -0.140. The van der Waals surface area contributed by atoms with Crippen LogP contribution in [0.3, 0.4) is 0 Å². The maximum absolute atomic E-state index is 14.7. The highest BCUT2D eigenvalue weighted by atomic mass is 16.4. The number of aliphatic carboxylic acids is 2. The van der Waals surface area contributed by atoms with Gasteiger partial charge < -0.3 is 94.8 Å². The summed E-state index contributed by atoms with van der Waals surface area (Å²) in [5, 5.41) is 57.6. The standard InChI is InChI=1S/C76H116N18O17/c1-46(2)34-56(61(95)39-65(99)85-57(70(78)105)35-47(3)4)89-75(110)60(38-52-41-79-45-83-52)87-66(100)42-82-76(111)69(48(5)6)91-71(106)49(7)84-73(108)59(37-51-40-81-54-21-16-15-20-53(51)54)90-72(107)55(23-24-62(77)96)88-74(109)58(36-50-18-12-11-13-19-50)86-64(98)22-14-9-8-10-17-26-80-63(97)25-27-92-28-30-93(43-67(101)102)32-33-94(31-29-92)44-68(103)104/h11-13,15-16,18-21,40-41,45-49,55-61,69,81,95H,8-10,14,17,22-39,42-44H2,1-7H3,(H2,77,96)(H2,78,105)(H,79,83)(H,80,97)(H,82,111)(H,84,108)(H,85,99)(H,86,98)(H,87,100)(H,88,109)(H,89,110)(H,90,107)(H,91,106)(H,101,102)(H,103,104)/t49-,55-,56-,57-,58-,59-,60-,61-,69-/m0/s1. The van der Waals surface area contributed by atoms with E-state index in [-0.39, 0.29) is 88.6 Å². The van der Waals surface area contributed by atoms with E-state index in [0.717, 1.165) is 12.8 Å². The number of hydrogen-bond acceptors (Lipinski definition) is 19. The van der Waals surface area contributed by atoms with Crippen molar-refractivity contribution in [2.24, 2.45) is 29.2 Å². The van der Waals surface area contributed by atoms with Gasteiger partial charge in [0.25, 0.3) is 0 Å². The van der Waals surface area contributed by atoms with Gasteiger partial charge in [-0.15, -0.1) is 0 Å². The van der Waals surface area contributed by atoms with Gasteiger partial charge in [0.1, 0.15) is 42.3 Å². The topological polar surface area (TPSA) is 526 Å². The third-order valence-electron chi connectivity index (χ3n) is 18.8. The number of imidazole rings is 1. The molecule has 4 aromatic rings. The van der Waals surface area contributed by atoms with Crippen LogP contribution in [0.4, 0.5) is 0 Å². The second kappa shape index (κ2) is 47.6. The fourth-order valence-corrected chi connectivity index (χ4v) is 12.7. The molecule has 19 N–H and O–H groups in total. The first-order valence-corrected chi connectivity index (χ1v) is 38.1. The first kappa shape index (κ1) is 91.2. The number of aliphatic hydroxyl groups excluding tert-OH is 1. The first-order chi connectivity index (χ1) is 52.7. The number of carbonyl (C=O) groups is 14. The molecule has 0 saturated carbocycles. The van der Waals surface area contributed by atoms with E-state index < -0.39 is 150 Å². The van der Waals surface area contributed by atoms with E-state index in [1.165, 1.54) is 19.4 Å². The number of benzene rings is 2. The summed E-state index contributed by atoms with van der Waals surface area (Å²) in [7, 11) is 0. The van der Waals surface area contributed by atoms with E-state index in [1.807, 2.05) is 32.6 Å². The highest BCUT2D eigenvalue weighted by Crippen LogP contribution is 2.21. The number of nitrogens with two attached hydrogens (primary N) is 2. The minimum Gasteiger partial charge on any atom is -0.480 e. The van der Waals surface area contributed by atoms with Gasteiger partial charge in [-0.05, 0) is 74.0 Å². The molecule has 1 aliphatic heterocycles. The predicted molar refractivity (Wildman–Crippen MR) is 410 cm³/mol. The van der Waals surface area contributed by atoms with Crippen LogP contribution in [0.5, 0.6) is 0 Å². The zero-order valence-corrected chi connectivity index (χ0v) is 64.7. The minimum atomic E-state index is -1.51. The summed E-state index contributed by atoms with van der Waals surface area (Å²) in [6.45, 7) is 14.5. The van der Waals surface area contributed by atoms with Gasteiger partial charge in [0.15, 0.2) is 0 Å². The fraction of sp³-hybridized carbons (Fsp3) is 0.592. The van der Waals surface area contributed by atoms with Crippen molar-refractivity contribution in [3.05, 3.63) is 90.1 Å². The molecule has 35 heteroatoms. The van der Waals surface area contributed by atoms with E-state index in [1.54, 1.807) is 84.4 Å². The number of nitrogens with zero attached hydrogens (tertiary/aromatic N) is 4. The predicted octanol–water partition coefficient (Wildman–Crippen LogP) is -0.881. The number of hydrogen-bond donors (Lipinski definition) is 17. The molecule has 2 aromatic heterocycles. The number of nitrogens with one attached hydrogen (secondary N) is 12. The summed E-state index contributed by atoms with van der Waals surface area (Å²) >= 11 is 0. The van der Waals surface area contributed by atoms with Crippen molar-refractivity contribution < 1.29 is 82.4 Å². The molecule has 0 radical (unpaired) electrons. The molecule has 111 heavy (non-hydrogen) atoms. The van der Waals surface area contributed by atoms with Crippen molar-refractivity contribution >= 4 is 93.7 Å². The molecule has 2 aromatic carbocycles. The van der Waals surface area contributed by atoms with Crippen LogP contribution in [-0.2, 0) is 86.4 Å². The van der Waals surface area contributed by atoms with Crippen LogP contribution in [0.1, 0.15) is 142 Å². The molecular formula is C76H116N18O17. The molecule has 1 aliphatic rings. The third kappa shape index (κ3) is 34.6. The first-order valence-electron chi connectivity index (χ1n) is 38.1. The number of rotatable bonds is 49. The van der Waals surface area contributed by atoms with Crippen molar-refractivity contribution in [1.82, 2.24) is 82.8 Å². The van der Waals surface area contributed by atoms with Gasteiger partial charge in [-0.2, -0.15) is 0 Å². The van der Waals surface area contributed by atoms with Crippen LogP contribution < -0.4 is 64.6 Å². The number of aromatic nitrogens is 3. The van der Waals surface area contributed by atoms with E-state index >= 15 is 0 Å². The summed E-state index contributed by atoms with van der Waals surface area (Å²) < 4.78 is 0. The second-order valence-electron chi connectivity index (χ2n) is 29.5. The van der Waals surface area contributed by atoms with Crippen molar-refractivity contribution in [3.63, 3.8) is 0 Å². The van der Waals surface area contributed by atoms with Crippen LogP contribution in [0.15, 0.2) is 73.3 Å². The van der Waals surface area contributed by atoms with E-state index in [0.29, 0.717) is 99.3 Å². The summed E-state index contributed by atoms with van der Waals surface area (Å²) in [6.07, 6.45) is 5.51. The van der Waals surface area contributed by atoms with Crippen molar-refractivity contribution in [3.8, 4) is 0 Å². The molecule has 1 saturated heterocycles. The maximum Gasteiger partial charge on any atom is 0.317 e. The summed E-state index contributed by atoms with van der Waals surface area (Å²) in [5.74, 6) is -11.3. The quantitative estimate of drug-likeness (QED) is 0.0239. The number of unbranched alkanes of at least 4 members (excludes halogenated alkanes) is 4. The number of amides is 12. The lowest BCUT2D eigenvalue weighted by Crippen LogP contribution is -2.60. The van der Waals surface area contributed by atoms with E-state index in [2.05, 4.69) is 68.1 Å². The Labute approximate surface area is 646 Å². The van der Waals surface area contributed by atoms with Gasteiger partial charge in [0, 0.05) is 120 Å². The fourth-order valence-electron chi connectivity index (χ4n) is 12.7. The highest BCUT2D eigenvalue weighted by molar-refractivity contribution is 5.98. The number of primary amides is 2. The number of H-pyrrole nitrogens is 2. The largest absolute Gasteiger partial charge is 0.480 e. The van der Waals surface area contributed by atoms with Crippen LogP contribution in [0, 0.1) is 17.8 Å². The van der Waals surface area contributed by atoms with Crippen LogP contribution in [-0.4, -0.2) is 254 Å². The number of fused-ring (bicyclic) bond motifs is 1. The van der Waals surface area contributed by atoms with E-state index in [9.17, 15) is 82.4 Å². The van der Waals surface area contributed by atoms with Crippen LogP contribution in [0.2, 0.25) is 0 Å². The smallest absolute Gasteiger partial charge is 0.317 e. The molecule has 1 fully saturated rings. The van der Waals surface area contributed by atoms with Crippen molar-refractivity contribution in [2.45, 2.75) is 199 Å². The number of carbonyl (C=O) groups excluding carboxylic acids is 12. The molecule has 5 rings (SSSR count). The summed E-state index contributed by atoms with van der Waals surface area (Å²) in [4.78, 5) is 202. The Morgan fingerprint density at radius 3 is 1.68 bits per heavy atom. The number of carboxylic acids is 2. The Morgan fingerprint density at radius 2 is 1.07 bits per heavy atom. The van der Waals surface area contributed by atoms with E-state index in [4.69, 9.17) is 11.5 Å². The monoisotopic (exact) mass is 1550 g/mol. The Morgan fingerprint density at radius 1 is 0.514 bits per heavy atom. The van der Waals surface area contributed by atoms with Gasteiger partial charge in [-0.25, -0.2) is 4.98 Å². The van der Waals surface area contributed by atoms with Crippen molar-refractivity contribution in [1.29, 1.82) is 0 Å². The lowest BCUT2D eigenvalue weighted by Gasteiger charge is -2.28. The Hall–Kier alpha value is -10.4. The number of aromatic amines is 2. The SMILES string of the molecule is CC(C)C[C@H](NC(=O)C[C@H](O)[C@H](CC(C)C)NC(=O)[C@H](Cc1cnc[nH]1)NC(=O)CNC(=O)[C@@H](NC(=O)[C@H](C)NC(=O)[C@H](Cc1c[nH]c2ccccc12)NC(=O)[C@H](CCC(N)=O)NC(=O)[C@H](Cc1ccccc1)NC(=O)CCCCCCCNC(=O)CCN1CCN(CC(=O)O)CCN(CC(=O)O)CC1)C(C)C)C(N)=O. The zero-order chi connectivity index (χ0) is 81.7. The molecule has 0 bridgehead atoms. The molecule has 612 valence electrons. The Bertz CT molecular complexity index is 3680. The molecule has 12 amide bonds. The Balaban J connectivity index is 1.19. The number of aliphatic hydroxyl groups is 1. The van der Waals surface area contributed by atoms with Gasteiger partial charge in [-0.1, -0.05) is 109 Å². The molecule has 0 spiro atoms. The normalized spacial score (nSPS) is 15.5. The number of carboxylic acid groups (broad SMARTS) is 2. The van der Waals surface area contributed by atoms with Crippen LogP contribution in [0.25, 0.3) is 10.9 Å². The average molecular weight is 1550 g/mol. The average Bonchev–Trinajstić information content (AvgIpc) is 1.71. The summed E-state index contributed by atoms with van der Waals surface area (Å²) in [5.41, 5.74) is 13.5. The summed E-state index contributed by atoms with van der Waals surface area (Å²) in [6, 6.07) is 5.80. The molecule has 3 heterocycles. The second-order valence-corrected chi connectivity index (χ2v) is 29.5. The molecular weight excluding hydrogens is 1440 g/mol. The third-order valence-corrected chi connectivity index (χ3v) is 18.8. The van der Waals surface area contributed by atoms with Gasteiger partial charge in [0.05, 0.1) is 44.5 Å². The van der Waals surface area contributed by atoms with Gasteiger partial charge >= 0.3 is 11.9 Å². The van der Waals surface area contributed by atoms with Crippen molar-refractivity contribution in [2.75, 3.05) is 72.0 Å². The van der Waals surface area contributed by atoms with Gasteiger partial charge in [0.2, 0.25) is 70.9 Å². The zero-order valence-electron chi connectivity index (χ0n) is 64.7. The molecule has 35 nitrogen and oxygen atoms in total. The van der Waals surface area contributed by atoms with Crippen LogP contribution >= 0.6 is 0 Å². The molecule has 0 aliphatic carbocycles. The van der Waals surface area contributed by atoms with Gasteiger partial charge in [-0.3, -0.25) is 76.9 Å². The highest BCUT2D eigenvalue weighted by Gasteiger charge is 2.36. The number of para-hydroxylation sites is 1.